The zero-order valence-electron chi connectivity index (χ0n) is 20.4. The molecule has 1 aromatic rings. The first-order chi connectivity index (χ1) is 16.8. The van der Waals surface area contributed by atoms with E-state index in [1.807, 2.05) is 11.0 Å². The molecule has 4 amide bonds. The van der Waals surface area contributed by atoms with Gasteiger partial charge in [0, 0.05) is 17.8 Å². The number of amides is 4. The smallest absolute Gasteiger partial charge is 0.247 e. The van der Waals surface area contributed by atoms with Crippen LogP contribution in [0.3, 0.4) is 0 Å². The summed E-state index contributed by atoms with van der Waals surface area (Å²) < 4.78 is 0. The van der Waals surface area contributed by atoms with Crippen molar-refractivity contribution in [3.8, 4) is 0 Å². The summed E-state index contributed by atoms with van der Waals surface area (Å²) in [5.41, 5.74) is 1.21. The Balaban J connectivity index is 1.45. The van der Waals surface area contributed by atoms with Crippen molar-refractivity contribution in [3.63, 3.8) is 0 Å². The van der Waals surface area contributed by atoms with Gasteiger partial charge in [-0.05, 0) is 75.8 Å². The van der Waals surface area contributed by atoms with E-state index in [1.165, 1.54) is 6.08 Å². The third-order valence-electron chi connectivity index (χ3n) is 7.71. The molecule has 2 aliphatic heterocycles. The van der Waals surface area contributed by atoms with E-state index in [4.69, 9.17) is 0 Å². The Morgan fingerprint density at radius 1 is 1.26 bits per heavy atom. The van der Waals surface area contributed by atoms with E-state index in [0.29, 0.717) is 24.4 Å². The number of hydrogen-bond acceptors (Lipinski definition) is 5. The number of hydrogen-bond donors (Lipinski definition) is 4. The van der Waals surface area contributed by atoms with Gasteiger partial charge in [0.2, 0.25) is 23.6 Å². The minimum Gasteiger partial charge on any atom is -0.350 e. The van der Waals surface area contributed by atoms with Gasteiger partial charge in [0.15, 0.2) is 0 Å². The van der Waals surface area contributed by atoms with Gasteiger partial charge >= 0.3 is 0 Å². The van der Waals surface area contributed by atoms with Gasteiger partial charge in [0.25, 0.3) is 0 Å². The number of carbonyl (C=O) groups excluding carboxylic acids is 4. The number of benzene rings is 1. The fourth-order valence-electron chi connectivity index (χ4n) is 5.59. The molecule has 3 fully saturated rings. The number of carbonyl (C=O) groups is 4. The maximum atomic E-state index is 13.7. The summed E-state index contributed by atoms with van der Waals surface area (Å²) in [7, 11) is 1.71. The van der Waals surface area contributed by atoms with Gasteiger partial charge in [-0.15, -0.1) is 0 Å². The maximum absolute atomic E-state index is 13.7. The first-order valence-electron chi connectivity index (χ1n) is 12.4. The highest BCUT2D eigenvalue weighted by molar-refractivity contribution is 5.99. The summed E-state index contributed by atoms with van der Waals surface area (Å²) in [5.74, 6) is -0.409. The lowest BCUT2D eigenvalue weighted by Crippen LogP contribution is -2.58. The standard InChI is InChI=1S/C26H35N5O4/c1-4-22(32)29-19-9-5-7-17(13-19)15-28-24(34)21-11-12-26-14-18(26)8-6-10-20(25(35)31(21)26)30-23(33)16(2)27-3/h4-5,7,9,13,16,18,20-21,27H,1,6,8,10-12,14-15H2,2-3H3,(H,28,34)(H,29,32)(H,30,33)/t16-,18?,20-,21-,26?/m0/s1. The molecule has 2 unspecified atom stereocenters. The number of anilines is 1. The van der Waals surface area contributed by atoms with Crippen molar-refractivity contribution in [2.45, 2.75) is 75.7 Å². The largest absolute Gasteiger partial charge is 0.350 e. The normalized spacial score (nSPS) is 28.0. The molecule has 188 valence electrons. The van der Waals surface area contributed by atoms with Crippen molar-refractivity contribution >= 4 is 29.3 Å². The van der Waals surface area contributed by atoms with Gasteiger partial charge in [-0.3, -0.25) is 19.2 Å². The van der Waals surface area contributed by atoms with Gasteiger partial charge in [0.1, 0.15) is 12.1 Å². The van der Waals surface area contributed by atoms with Gasteiger partial charge in [0.05, 0.1) is 6.04 Å². The van der Waals surface area contributed by atoms with Crippen LogP contribution in [0.15, 0.2) is 36.9 Å². The molecule has 9 heteroatoms. The van der Waals surface area contributed by atoms with Crippen molar-refractivity contribution in [1.82, 2.24) is 20.9 Å². The van der Waals surface area contributed by atoms with Crippen LogP contribution in [0.5, 0.6) is 0 Å². The Labute approximate surface area is 206 Å². The Kier molecular flexibility index (Phi) is 7.25. The topological polar surface area (TPSA) is 120 Å². The highest BCUT2D eigenvalue weighted by atomic mass is 16.2. The fourth-order valence-corrected chi connectivity index (χ4v) is 5.59. The third-order valence-corrected chi connectivity index (χ3v) is 7.71. The molecular weight excluding hydrogens is 446 g/mol. The molecule has 4 rings (SSSR count). The molecular formula is C26H35N5O4. The number of nitrogens with one attached hydrogen (secondary N) is 4. The van der Waals surface area contributed by atoms with E-state index in [9.17, 15) is 19.2 Å². The average molecular weight is 482 g/mol. The second-order valence-corrected chi connectivity index (χ2v) is 9.88. The highest BCUT2D eigenvalue weighted by Crippen LogP contribution is 2.59. The zero-order valence-corrected chi connectivity index (χ0v) is 20.4. The molecule has 5 atom stereocenters. The molecule has 3 aliphatic rings. The van der Waals surface area contributed by atoms with Crippen LogP contribution in [0.1, 0.15) is 51.0 Å². The van der Waals surface area contributed by atoms with Gasteiger partial charge in [-0.2, -0.15) is 0 Å². The van der Waals surface area contributed by atoms with E-state index in [0.717, 1.165) is 31.2 Å². The summed E-state index contributed by atoms with van der Waals surface area (Å²) in [5, 5.41) is 11.5. The number of likely N-dealkylation sites (N-methyl/N-ethyl adjacent to an activating group) is 1. The van der Waals surface area contributed by atoms with E-state index >= 15 is 0 Å². The van der Waals surface area contributed by atoms with Crippen molar-refractivity contribution in [2.24, 2.45) is 5.92 Å². The Hall–Kier alpha value is -3.20. The minimum absolute atomic E-state index is 0.143. The maximum Gasteiger partial charge on any atom is 0.247 e. The molecule has 1 aromatic carbocycles. The molecule has 1 saturated carbocycles. The van der Waals surface area contributed by atoms with Gasteiger partial charge < -0.3 is 26.2 Å². The van der Waals surface area contributed by atoms with Crippen LogP contribution in [0, 0.1) is 5.92 Å². The third kappa shape index (κ3) is 5.10. The van der Waals surface area contributed by atoms with E-state index < -0.39 is 18.1 Å². The molecule has 1 aliphatic carbocycles. The van der Waals surface area contributed by atoms with Crippen LogP contribution in [0.4, 0.5) is 5.69 Å². The zero-order chi connectivity index (χ0) is 25.2. The SMILES string of the molecule is C=CC(=O)Nc1cccc(CNC(=O)[C@@H]2CCC34CC3CCC[C@H](NC(=O)[C@H](C)NC)C(=O)N24)c1. The number of nitrogens with zero attached hydrogens (tertiary/aromatic N) is 1. The summed E-state index contributed by atoms with van der Waals surface area (Å²) in [6, 6.07) is 5.67. The highest BCUT2D eigenvalue weighted by Gasteiger charge is 2.65. The van der Waals surface area contributed by atoms with Crippen LogP contribution in [-0.2, 0) is 25.7 Å². The Bertz CT molecular complexity index is 1030. The molecule has 0 bridgehead atoms. The van der Waals surface area contributed by atoms with E-state index in [-0.39, 0.29) is 35.7 Å². The van der Waals surface area contributed by atoms with Crippen LogP contribution in [-0.4, -0.2) is 59.2 Å². The van der Waals surface area contributed by atoms with E-state index in [1.54, 1.807) is 32.2 Å². The lowest BCUT2D eigenvalue weighted by atomic mass is 9.98. The lowest BCUT2D eigenvalue weighted by Gasteiger charge is -2.36. The monoisotopic (exact) mass is 481 g/mol. The molecule has 9 nitrogen and oxygen atoms in total. The summed E-state index contributed by atoms with van der Waals surface area (Å²) in [6.45, 7) is 5.49. The van der Waals surface area contributed by atoms with Crippen molar-refractivity contribution in [2.75, 3.05) is 12.4 Å². The van der Waals surface area contributed by atoms with Crippen LogP contribution >= 0.6 is 0 Å². The van der Waals surface area contributed by atoms with Crippen LogP contribution < -0.4 is 21.3 Å². The van der Waals surface area contributed by atoms with Gasteiger partial charge in [-0.1, -0.05) is 25.1 Å². The summed E-state index contributed by atoms with van der Waals surface area (Å²) >= 11 is 0. The second-order valence-electron chi connectivity index (χ2n) is 9.88. The predicted molar refractivity (Wildman–Crippen MR) is 132 cm³/mol. The molecule has 0 radical (unpaired) electrons. The summed E-state index contributed by atoms with van der Waals surface area (Å²) in [4.78, 5) is 52.8. The second kappa shape index (κ2) is 10.2. The van der Waals surface area contributed by atoms with Crippen molar-refractivity contribution in [3.05, 3.63) is 42.5 Å². The van der Waals surface area contributed by atoms with Crippen LogP contribution in [0.25, 0.3) is 0 Å². The minimum atomic E-state index is -0.615. The Morgan fingerprint density at radius 2 is 2.06 bits per heavy atom. The first kappa shape index (κ1) is 24.9. The molecule has 2 saturated heterocycles. The summed E-state index contributed by atoms with van der Waals surface area (Å²) in [6.07, 6.45) is 6.05. The first-order valence-corrected chi connectivity index (χ1v) is 12.4. The number of rotatable bonds is 8. The Morgan fingerprint density at radius 3 is 2.80 bits per heavy atom. The molecule has 1 spiro atoms. The molecule has 2 heterocycles. The van der Waals surface area contributed by atoms with Crippen molar-refractivity contribution in [1.29, 1.82) is 0 Å². The van der Waals surface area contributed by atoms with E-state index in [2.05, 4.69) is 27.8 Å². The van der Waals surface area contributed by atoms with Gasteiger partial charge in [-0.25, -0.2) is 0 Å². The fraction of sp³-hybridized carbons (Fsp3) is 0.538. The lowest BCUT2D eigenvalue weighted by molar-refractivity contribution is -0.145. The molecule has 0 aromatic heterocycles. The van der Waals surface area contributed by atoms with Crippen LogP contribution in [0.2, 0.25) is 0 Å². The molecule has 4 N–H and O–H groups in total. The average Bonchev–Trinajstić information content (AvgIpc) is 3.39. The quantitative estimate of drug-likeness (QED) is 0.419. The predicted octanol–water partition coefficient (Wildman–Crippen LogP) is 1.45. The molecule has 35 heavy (non-hydrogen) atoms. The van der Waals surface area contributed by atoms with Crippen molar-refractivity contribution < 1.29 is 19.2 Å².